The molecule has 0 aliphatic heterocycles. The number of nitrogens with zero attached hydrogens (tertiary/aromatic N) is 8. The van der Waals surface area contributed by atoms with Gasteiger partial charge < -0.3 is 17.7 Å². The molecule has 16 rings (SSSR count). The first-order valence-corrected chi connectivity index (χ1v) is 29.8. The van der Waals surface area contributed by atoms with Crippen molar-refractivity contribution in [1.82, 2.24) is 39.9 Å². The highest BCUT2D eigenvalue weighted by molar-refractivity contribution is 6.11. The van der Waals surface area contributed by atoms with Crippen molar-refractivity contribution in [3.8, 4) is 45.0 Å². The quantitative estimate of drug-likeness (QED) is 0.142. The lowest BCUT2D eigenvalue weighted by molar-refractivity contribution is 0.655. The van der Waals surface area contributed by atoms with Gasteiger partial charge in [-0.3, -0.25) is 34.9 Å². The molecule has 432 valence electrons. The summed E-state index contributed by atoms with van der Waals surface area (Å²) in [7, 11) is 0. The minimum atomic E-state index is 0.474. The van der Waals surface area contributed by atoms with Gasteiger partial charge in [0, 0.05) is 110 Å². The number of aromatic nitrogens is 8. The fourth-order valence-electron chi connectivity index (χ4n) is 10.9. The molecule has 0 radical (unpaired) electrons. The zero-order valence-corrected chi connectivity index (χ0v) is 50.3. The summed E-state index contributed by atoms with van der Waals surface area (Å²) in [5.74, 6) is 1.91. The molecule has 0 saturated heterocycles. The smallest absolute Gasteiger partial charge is 0.227 e. The molecule has 0 bridgehead atoms. The maximum absolute atomic E-state index is 6.04. The zero-order valence-electron chi connectivity index (χ0n) is 50.3. The zero-order chi connectivity index (χ0) is 60.4. The van der Waals surface area contributed by atoms with Gasteiger partial charge in [-0.1, -0.05) is 134 Å². The molecule has 12 heteroatoms. The first kappa shape index (κ1) is 56.4. The molecule has 88 heavy (non-hydrogen) atoms. The van der Waals surface area contributed by atoms with E-state index in [1.54, 1.807) is 18.6 Å². The Morgan fingerprint density at radius 1 is 0.261 bits per heavy atom. The number of hydrogen-bond acceptors (Lipinski definition) is 12. The summed E-state index contributed by atoms with van der Waals surface area (Å²) in [6.45, 7) is 17.3. The van der Waals surface area contributed by atoms with Gasteiger partial charge in [-0.05, 0) is 125 Å². The minimum absolute atomic E-state index is 0.474. The van der Waals surface area contributed by atoms with E-state index in [9.17, 15) is 0 Å². The standard InChI is InChI=1S/4C19H16N2O/c1-12(2)13-8-9-17(21-11-13)16-6-3-5-14-15-7-4-10-20-19(15)22-18(14)16;1-12(2)13-6-7-17(21-10-13)16-5-3-4-15-14-8-9-20-11-18(14)22-19(15)16;1-12(2)13-7-8-17(21-9-13)16-11-20-10-15-14-5-3-4-6-18(14)22-19(15)16;1-12(2)13-7-8-16(21-11-13)14-9-10-20-18-15-5-3-4-6-17(15)22-19(14)18/h4*3-12H,1-2H3. The summed E-state index contributed by atoms with van der Waals surface area (Å²) in [6.07, 6.45) is 18.6. The van der Waals surface area contributed by atoms with Crippen molar-refractivity contribution < 1.29 is 17.7 Å². The molecule has 0 atom stereocenters. The van der Waals surface area contributed by atoms with E-state index < -0.39 is 0 Å². The first-order chi connectivity index (χ1) is 42.9. The van der Waals surface area contributed by atoms with E-state index in [0.29, 0.717) is 29.4 Å². The fourth-order valence-corrected chi connectivity index (χ4v) is 10.9. The largest absolute Gasteiger partial charge is 0.455 e. The van der Waals surface area contributed by atoms with Gasteiger partial charge in [0.1, 0.15) is 33.4 Å². The van der Waals surface area contributed by atoms with E-state index in [-0.39, 0.29) is 0 Å². The number of hydrogen-bond donors (Lipinski definition) is 0. The molecule has 0 N–H and O–H groups in total. The van der Waals surface area contributed by atoms with Crippen LogP contribution in [0.15, 0.2) is 237 Å². The van der Waals surface area contributed by atoms with Gasteiger partial charge in [0.05, 0.1) is 34.5 Å². The van der Waals surface area contributed by atoms with Crippen molar-refractivity contribution in [3.63, 3.8) is 0 Å². The Morgan fingerprint density at radius 2 is 0.716 bits per heavy atom. The number of para-hydroxylation sites is 4. The predicted octanol–water partition coefficient (Wildman–Crippen LogP) is 20.7. The average Bonchev–Trinajstić information content (AvgIpc) is 3.08. The normalized spacial score (nSPS) is 11.6. The van der Waals surface area contributed by atoms with Crippen LogP contribution in [-0.2, 0) is 0 Å². The molecule has 0 saturated carbocycles. The van der Waals surface area contributed by atoms with Crippen LogP contribution < -0.4 is 0 Å². The van der Waals surface area contributed by atoms with Gasteiger partial charge >= 0.3 is 0 Å². The van der Waals surface area contributed by atoms with Crippen molar-refractivity contribution in [2.45, 2.75) is 79.1 Å². The van der Waals surface area contributed by atoms with Gasteiger partial charge in [-0.2, -0.15) is 0 Å². The number of rotatable bonds is 8. The van der Waals surface area contributed by atoms with E-state index in [0.717, 1.165) is 127 Å². The SMILES string of the molecule is CC(C)c1ccc(-c2cccc3c2oc2cnccc23)nc1.CC(C)c1ccc(-c2cccc3c2oc2ncccc23)nc1.CC(C)c1ccc(-c2ccnc3c2oc2ccccc23)nc1.CC(C)c1ccc(-c2cncc3c2oc2ccccc23)nc1. The van der Waals surface area contributed by atoms with Crippen molar-refractivity contribution in [1.29, 1.82) is 0 Å². The molecule has 16 aromatic rings. The molecule has 0 amide bonds. The lowest BCUT2D eigenvalue weighted by Gasteiger charge is -2.06. The van der Waals surface area contributed by atoms with Crippen molar-refractivity contribution in [2.24, 2.45) is 0 Å². The number of benzene rings is 4. The molecular weight excluding hydrogens is 1090 g/mol. The Kier molecular flexibility index (Phi) is 15.6. The van der Waals surface area contributed by atoms with Crippen LogP contribution in [0.5, 0.6) is 0 Å². The Labute approximate surface area is 509 Å². The molecule has 0 unspecified atom stereocenters. The van der Waals surface area contributed by atoms with E-state index in [1.807, 2.05) is 134 Å². The third-order valence-corrected chi connectivity index (χ3v) is 16.0. The average molecular weight is 1150 g/mol. The van der Waals surface area contributed by atoms with E-state index in [1.165, 1.54) is 22.3 Å². The van der Waals surface area contributed by atoms with Crippen LogP contribution in [0.4, 0.5) is 0 Å². The maximum Gasteiger partial charge on any atom is 0.227 e. The topological polar surface area (TPSA) is 156 Å². The Hall–Kier alpha value is -10.7. The first-order valence-electron chi connectivity index (χ1n) is 29.8. The molecule has 0 aliphatic carbocycles. The monoisotopic (exact) mass is 1150 g/mol. The van der Waals surface area contributed by atoms with Crippen LogP contribution in [0.2, 0.25) is 0 Å². The third-order valence-electron chi connectivity index (χ3n) is 16.0. The maximum atomic E-state index is 6.04. The van der Waals surface area contributed by atoms with Crippen LogP contribution in [0, 0.1) is 0 Å². The number of fused-ring (bicyclic) bond motifs is 12. The Bertz CT molecular complexity index is 4450. The van der Waals surface area contributed by atoms with Crippen molar-refractivity contribution >= 4 is 88.0 Å². The highest BCUT2D eigenvalue weighted by Gasteiger charge is 2.18. The molecular formula is C76H64N8O4. The van der Waals surface area contributed by atoms with Gasteiger partial charge in [-0.25, -0.2) is 4.98 Å². The van der Waals surface area contributed by atoms with Crippen LogP contribution in [0.25, 0.3) is 133 Å². The van der Waals surface area contributed by atoms with Gasteiger partial charge in [0.25, 0.3) is 0 Å². The second-order valence-corrected chi connectivity index (χ2v) is 23.1. The summed E-state index contributed by atoms with van der Waals surface area (Å²) in [5.41, 5.74) is 20.0. The predicted molar refractivity (Wildman–Crippen MR) is 355 cm³/mol. The molecule has 0 fully saturated rings. The Balaban J connectivity index is 0.000000108. The number of furan rings is 4. The molecule has 12 aromatic heterocycles. The molecule has 12 nitrogen and oxygen atoms in total. The summed E-state index contributed by atoms with van der Waals surface area (Å²) in [5, 5.41) is 7.47. The highest BCUT2D eigenvalue weighted by atomic mass is 16.3. The molecule has 0 aliphatic rings. The minimum Gasteiger partial charge on any atom is -0.455 e. The van der Waals surface area contributed by atoms with E-state index in [2.05, 4.69) is 162 Å². The van der Waals surface area contributed by atoms with E-state index >= 15 is 0 Å². The van der Waals surface area contributed by atoms with Crippen molar-refractivity contribution in [2.75, 3.05) is 0 Å². The van der Waals surface area contributed by atoms with Crippen LogP contribution in [0.1, 0.15) is 101 Å². The summed E-state index contributed by atoms with van der Waals surface area (Å²) >= 11 is 0. The summed E-state index contributed by atoms with van der Waals surface area (Å²) < 4.78 is 24.0. The molecule has 12 heterocycles. The van der Waals surface area contributed by atoms with Crippen LogP contribution in [0.3, 0.4) is 0 Å². The fraction of sp³-hybridized carbons (Fsp3) is 0.158. The van der Waals surface area contributed by atoms with Crippen LogP contribution >= 0.6 is 0 Å². The van der Waals surface area contributed by atoms with E-state index in [4.69, 9.17) is 17.7 Å². The van der Waals surface area contributed by atoms with Gasteiger partial charge in [0.2, 0.25) is 5.71 Å². The summed E-state index contributed by atoms with van der Waals surface area (Å²) in [4.78, 5) is 35.7. The van der Waals surface area contributed by atoms with Crippen LogP contribution in [-0.4, -0.2) is 39.9 Å². The Morgan fingerprint density at radius 3 is 1.28 bits per heavy atom. The van der Waals surface area contributed by atoms with Crippen molar-refractivity contribution in [3.05, 3.63) is 242 Å². The second-order valence-electron chi connectivity index (χ2n) is 23.1. The second kappa shape index (κ2) is 24.3. The lowest BCUT2D eigenvalue weighted by atomic mass is 10.0. The van der Waals surface area contributed by atoms with Gasteiger partial charge in [0.15, 0.2) is 11.2 Å². The van der Waals surface area contributed by atoms with Gasteiger partial charge in [-0.15, -0.1) is 0 Å². The molecule has 0 spiro atoms. The third kappa shape index (κ3) is 11.1. The summed E-state index contributed by atoms with van der Waals surface area (Å²) in [6, 6.07) is 53.0. The highest BCUT2D eigenvalue weighted by Crippen LogP contribution is 2.39. The molecule has 4 aromatic carbocycles. The lowest BCUT2D eigenvalue weighted by Crippen LogP contribution is -1.91. The number of pyridine rings is 8.